The Morgan fingerprint density at radius 2 is 2.29 bits per heavy atom. The predicted octanol–water partition coefficient (Wildman–Crippen LogP) is 2.49. The molecule has 2 rings (SSSR count). The maximum atomic E-state index is 12.8. The van der Waals surface area contributed by atoms with Crippen molar-refractivity contribution in [3.05, 3.63) is 35.4 Å². The number of carbonyl (C=O) groups is 1. The number of carboxylic acid groups (broad SMARTS) is 1. The van der Waals surface area contributed by atoms with Crippen LogP contribution in [0.4, 0.5) is 5.82 Å². The highest BCUT2D eigenvalue weighted by Crippen LogP contribution is 2.36. The van der Waals surface area contributed by atoms with Crippen molar-refractivity contribution in [3.63, 3.8) is 0 Å². The van der Waals surface area contributed by atoms with Gasteiger partial charge in [-0.3, -0.25) is 9.52 Å². The number of aliphatic carboxylic acids is 1. The van der Waals surface area contributed by atoms with Gasteiger partial charge in [0.2, 0.25) is 0 Å². The number of ether oxygens (including phenoxy) is 1. The zero-order valence-electron chi connectivity index (χ0n) is 17.9. The minimum absolute atomic E-state index is 0.0747. The Hall–Kier alpha value is -2.38. The van der Waals surface area contributed by atoms with Gasteiger partial charge in [-0.05, 0) is 23.9 Å². The van der Waals surface area contributed by atoms with Crippen molar-refractivity contribution in [2.45, 2.75) is 44.4 Å². The van der Waals surface area contributed by atoms with Crippen molar-refractivity contribution in [2.75, 3.05) is 24.4 Å². The normalized spacial score (nSPS) is 22.1. The Morgan fingerprint density at radius 1 is 1.58 bits per heavy atom. The molecule has 1 aliphatic rings. The lowest BCUT2D eigenvalue weighted by Crippen LogP contribution is -2.45. The highest BCUT2D eigenvalue weighted by molar-refractivity contribution is 7.90. The lowest BCUT2D eigenvalue weighted by atomic mass is 9.85. The number of hydrogen-bond acceptors (Lipinski definition) is 6. The van der Waals surface area contributed by atoms with Gasteiger partial charge in [0, 0.05) is 44.9 Å². The van der Waals surface area contributed by atoms with Crippen LogP contribution in [0.3, 0.4) is 0 Å². The number of azide groups is 1. The van der Waals surface area contributed by atoms with Crippen molar-refractivity contribution in [1.82, 2.24) is 14.1 Å². The summed E-state index contributed by atoms with van der Waals surface area (Å²) in [5.41, 5.74) is 6.95. The maximum Gasteiger partial charge on any atom is 0.317 e. The fraction of sp³-hybridized carbons (Fsp3) is 0.647. The average molecular weight is 472 g/mol. The summed E-state index contributed by atoms with van der Waals surface area (Å²) in [4.78, 5) is 14.5. The SMILES string of the molecule is C=CCC1CN(S(=O)(=O)Nc2ccn(COCC[Si](C)(C)C)n2)CC1(N=[N+]=[N-])C(=O)O. The molecule has 0 radical (unpaired) electrons. The number of rotatable bonds is 12. The molecule has 1 aliphatic heterocycles. The second-order valence-corrected chi connectivity index (χ2v) is 15.9. The Bertz CT molecular complexity index is 950. The lowest BCUT2D eigenvalue weighted by Gasteiger charge is -2.23. The molecule has 2 atom stereocenters. The van der Waals surface area contributed by atoms with Gasteiger partial charge in [0.05, 0.1) is 0 Å². The summed E-state index contributed by atoms with van der Waals surface area (Å²) in [7, 11) is -5.33. The monoisotopic (exact) mass is 471 g/mol. The standard InChI is InChI=1S/C17H29N7O5SSi/c1-5-6-14-11-24(12-17(14,16(25)26)21-22-18)30(27,28)20-15-7-8-23(19-15)13-29-9-10-31(2,3)4/h5,7-8,14H,1,6,9-13H2,2-4H3,(H,19,20)(H,25,26). The molecule has 31 heavy (non-hydrogen) atoms. The maximum absolute atomic E-state index is 12.8. The molecule has 0 spiro atoms. The van der Waals surface area contributed by atoms with Gasteiger partial charge in [-0.2, -0.15) is 17.8 Å². The Labute approximate surface area is 182 Å². The Morgan fingerprint density at radius 3 is 2.87 bits per heavy atom. The number of allylic oxidation sites excluding steroid dienone is 1. The fourth-order valence-corrected chi connectivity index (χ4v) is 5.21. The molecular weight excluding hydrogens is 442 g/mol. The largest absolute Gasteiger partial charge is 0.481 e. The molecule has 0 aromatic carbocycles. The summed E-state index contributed by atoms with van der Waals surface area (Å²) in [6, 6.07) is 2.49. The van der Waals surface area contributed by atoms with E-state index in [0.717, 1.165) is 10.3 Å². The molecule has 2 N–H and O–H groups in total. The zero-order valence-corrected chi connectivity index (χ0v) is 19.7. The van der Waals surface area contributed by atoms with Crippen molar-refractivity contribution in [1.29, 1.82) is 0 Å². The highest BCUT2D eigenvalue weighted by Gasteiger charge is 2.54. The first-order chi connectivity index (χ1) is 14.4. The first-order valence-electron chi connectivity index (χ1n) is 9.73. The van der Waals surface area contributed by atoms with Gasteiger partial charge >= 0.3 is 16.2 Å². The molecule has 0 amide bonds. The molecule has 14 heteroatoms. The molecule has 172 valence electrons. The van der Waals surface area contributed by atoms with Crippen LogP contribution in [0.25, 0.3) is 10.4 Å². The van der Waals surface area contributed by atoms with Crippen LogP contribution in [0.1, 0.15) is 6.42 Å². The number of nitrogens with zero attached hydrogens (tertiary/aromatic N) is 6. The van der Waals surface area contributed by atoms with Gasteiger partial charge in [0.15, 0.2) is 11.4 Å². The third kappa shape index (κ3) is 6.30. The van der Waals surface area contributed by atoms with E-state index in [1.165, 1.54) is 16.8 Å². The molecule has 2 unspecified atom stereocenters. The van der Waals surface area contributed by atoms with Gasteiger partial charge in [0.1, 0.15) is 6.73 Å². The van der Waals surface area contributed by atoms with E-state index in [4.69, 9.17) is 10.3 Å². The van der Waals surface area contributed by atoms with E-state index in [9.17, 15) is 18.3 Å². The third-order valence-corrected chi connectivity index (χ3v) is 8.12. The summed E-state index contributed by atoms with van der Waals surface area (Å²) < 4.78 is 36.0. The van der Waals surface area contributed by atoms with Crippen LogP contribution < -0.4 is 4.72 Å². The first-order valence-corrected chi connectivity index (χ1v) is 14.9. The van der Waals surface area contributed by atoms with E-state index >= 15 is 0 Å². The molecule has 1 aromatic rings. The molecule has 0 aliphatic carbocycles. The quantitative estimate of drug-likeness (QED) is 0.119. The summed E-state index contributed by atoms with van der Waals surface area (Å²) in [6.07, 6.45) is 3.24. The van der Waals surface area contributed by atoms with Crippen LogP contribution in [-0.4, -0.2) is 66.9 Å². The van der Waals surface area contributed by atoms with Crippen molar-refractivity contribution in [2.24, 2.45) is 11.0 Å². The minimum Gasteiger partial charge on any atom is -0.481 e. The number of hydrogen-bond donors (Lipinski definition) is 2. The Kier molecular flexibility index (Phi) is 7.89. The fourth-order valence-electron chi connectivity index (χ4n) is 3.21. The molecule has 1 aromatic heterocycles. The van der Waals surface area contributed by atoms with Gasteiger partial charge in [0.25, 0.3) is 0 Å². The summed E-state index contributed by atoms with van der Waals surface area (Å²) in [5, 5.41) is 17.2. The topological polar surface area (TPSA) is 163 Å². The van der Waals surface area contributed by atoms with Crippen LogP contribution in [0.5, 0.6) is 0 Å². The van der Waals surface area contributed by atoms with Crippen LogP contribution in [0.15, 0.2) is 30.0 Å². The molecular formula is C17H29N7O5SSi. The average Bonchev–Trinajstić information content (AvgIpc) is 3.24. The van der Waals surface area contributed by atoms with Gasteiger partial charge in [-0.25, -0.2) is 4.68 Å². The molecule has 0 bridgehead atoms. The molecule has 0 saturated carbocycles. The number of carboxylic acids is 1. The number of aromatic nitrogens is 2. The van der Waals surface area contributed by atoms with Crippen molar-refractivity contribution < 1.29 is 23.1 Å². The molecule has 1 fully saturated rings. The number of nitrogens with one attached hydrogen (secondary N) is 1. The van der Waals surface area contributed by atoms with Gasteiger partial charge in [-0.15, -0.1) is 6.58 Å². The van der Waals surface area contributed by atoms with Gasteiger partial charge < -0.3 is 9.84 Å². The molecule has 12 nitrogen and oxygen atoms in total. The third-order valence-electron chi connectivity index (χ3n) is 5.00. The summed E-state index contributed by atoms with van der Waals surface area (Å²) in [5.74, 6) is -2.05. The van der Waals surface area contributed by atoms with E-state index in [1.807, 2.05) is 0 Å². The molecule has 2 heterocycles. The van der Waals surface area contributed by atoms with E-state index in [1.54, 1.807) is 6.20 Å². The Balaban J connectivity index is 2.07. The van der Waals surface area contributed by atoms with E-state index in [0.29, 0.717) is 6.61 Å². The first kappa shape index (κ1) is 24.9. The van der Waals surface area contributed by atoms with Crippen molar-refractivity contribution >= 4 is 30.1 Å². The summed E-state index contributed by atoms with van der Waals surface area (Å²) in [6.45, 7) is 10.5. The smallest absolute Gasteiger partial charge is 0.317 e. The van der Waals surface area contributed by atoms with Crippen molar-refractivity contribution in [3.8, 4) is 0 Å². The van der Waals surface area contributed by atoms with Crippen LogP contribution >= 0.6 is 0 Å². The highest BCUT2D eigenvalue weighted by atomic mass is 32.2. The predicted molar refractivity (Wildman–Crippen MR) is 118 cm³/mol. The zero-order chi connectivity index (χ0) is 23.3. The van der Waals surface area contributed by atoms with E-state index in [2.05, 4.69) is 46.1 Å². The summed E-state index contributed by atoms with van der Waals surface area (Å²) >= 11 is 0. The second kappa shape index (κ2) is 9.83. The van der Waals surface area contributed by atoms with Crippen LogP contribution in [0.2, 0.25) is 25.7 Å². The van der Waals surface area contributed by atoms with Crippen LogP contribution in [0, 0.1) is 5.92 Å². The van der Waals surface area contributed by atoms with Crippen LogP contribution in [-0.2, 0) is 26.5 Å². The van der Waals surface area contributed by atoms with E-state index < -0.39 is 42.3 Å². The number of anilines is 1. The minimum atomic E-state index is -4.13. The second-order valence-electron chi connectivity index (χ2n) is 8.63. The van der Waals surface area contributed by atoms with Gasteiger partial charge in [-0.1, -0.05) is 30.8 Å². The van der Waals surface area contributed by atoms with E-state index in [-0.39, 0.29) is 25.5 Å². The lowest BCUT2D eigenvalue weighted by molar-refractivity contribution is -0.144. The molecule has 1 saturated heterocycles.